The first-order chi connectivity index (χ1) is 14.0. The van der Waals surface area contributed by atoms with Crippen LogP contribution < -0.4 is 9.80 Å². The third-order valence-corrected chi connectivity index (χ3v) is 5.35. The summed E-state index contributed by atoms with van der Waals surface area (Å²) >= 11 is 0. The van der Waals surface area contributed by atoms with E-state index in [0.717, 1.165) is 36.5 Å². The molecule has 0 bridgehead atoms. The Balaban J connectivity index is 1.64. The molecule has 1 amide bonds. The van der Waals surface area contributed by atoms with E-state index in [1.165, 1.54) is 11.1 Å². The van der Waals surface area contributed by atoms with Crippen molar-refractivity contribution in [1.82, 2.24) is 9.97 Å². The van der Waals surface area contributed by atoms with Gasteiger partial charge in [-0.3, -0.25) is 4.79 Å². The molecule has 0 saturated carbocycles. The van der Waals surface area contributed by atoms with Crippen molar-refractivity contribution < 1.29 is 4.79 Å². The van der Waals surface area contributed by atoms with E-state index in [4.69, 9.17) is 0 Å². The van der Waals surface area contributed by atoms with Crippen LogP contribution in [0.2, 0.25) is 0 Å². The number of benzene rings is 2. The number of amides is 1. The number of carbonyl (C=O) groups excluding carboxylic acids is 1. The minimum absolute atomic E-state index is 0.0951. The van der Waals surface area contributed by atoms with Crippen LogP contribution in [0.3, 0.4) is 0 Å². The van der Waals surface area contributed by atoms with Crippen LogP contribution in [0.5, 0.6) is 0 Å². The van der Waals surface area contributed by atoms with E-state index in [1.54, 1.807) is 11.0 Å². The Morgan fingerprint density at radius 2 is 1.83 bits per heavy atom. The summed E-state index contributed by atoms with van der Waals surface area (Å²) in [6, 6.07) is 18.3. The van der Waals surface area contributed by atoms with Crippen molar-refractivity contribution in [3.05, 3.63) is 82.7 Å². The highest BCUT2D eigenvalue weighted by Gasteiger charge is 2.23. The summed E-state index contributed by atoms with van der Waals surface area (Å²) in [5.74, 6) is 0.533. The van der Waals surface area contributed by atoms with Gasteiger partial charge in [0.15, 0.2) is 0 Å². The molecule has 1 aliphatic heterocycles. The average Bonchev–Trinajstić information content (AvgIpc) is 2.73. The van der Waals surface area contributed by atoms with E-state index >= 15 is 0 Å². The van der Waals surface area contributed by atoms with Crippen molar-refractivity contribution in [3.63, 3.8) is 0 Å². The van der Waals surface area contributed by atoms with Gasteiger partial charge in [-0.25, -0.2) is 9.97 Å². The summed E-state index contributed by atoms with van der Waals surface area (Å²) in [5.41, 5.74) is 5.94. The number of aryl methyl sites for hydroxylation is 2. The fourth-order valence-electron chi connectivity index (χ4n) is 3.85. The van der Waals surface area contributed by atoms with Gasteiger partial charge in [-0.15, -0.1) is 0 Å². The largest absolute Gasteiger partial charge is 0.336 e. The number of anilines is 2. The van der Waals surface area contributed by atoms with Crippen LogP contribution in [0, 0.1) is 13.8 Å². The zero-order valence-electron chi connectivity index (χ0n) is 17.2. The van der Waals surface area contributed by atoms with E-state index < -0.39 is 0 Å². The number of hydrogen-bond donors (Lipinski definition) is 0. The second kappa shape index (κ2) is 8.03. The molecule has 1 aliphatic rings. The fraction of sp³-hybridized carbons (Fsp3) is 0.292. The Hall–Kier alpha value is -3.21. The molecule has 0 unspecified atom stereocenters. The zero-order valence-corrected chi connectivity index (χ0v) is 17.2. The molecule has 3 aromatic rings. The second-order valence-electron chi connectivity index (χ2n) is 7.52. The maximum atomic E-state index is 13.3. The van der Waals surface area contributed by atoms with Gasteiger partial charge < -0.3 is 9.80 Å². The number of fused-ring (bicyclic) bond motifs is 1. The van der Waals surface area contributed by atoms with Gasteiger partial charge in [0.1, 0.15) is 5.69 Å². The lowest BCUT2D eigenvalue weighted by Gasteiger charge is -2.29. The molecule has 148 valence electrons. The standard InChI is InChI=1S/C24H26N4O/c1-4-28(21-11-7-8-17(2)14-21)23(29)22-15-18(3)25-24(26-22)27-13-12-19-9-5-6-10-20(19)16-27/h5-11,14-15H,4,12-13,16H2,1-3H3. The number of carbonyl (C=O) groups is 1. The molecule has 0 N–H and O–H groups in total. The molecular weight excluding hydrogens is 360 g/mol. The molecule has 0 radical (unpaired) electrons. The lowest BCUT2D eigenvalue weighted by Crippen LogP contribution is -2.34. The molecule has 0 spiro atoms. The first-order valence-corrected chi connectivity index (χ1v) is 10.1. The van der Waals surface area contributed by atoms with E-state index in [9.17, 15) is 4.79 Å². The van der Waals surface area contributed by atoms with Gasteiger partial charge in [-0.05, 0) is 62.1 Å². The van der Waals surface area contributed by atoms with E-state index in [0.29, 0.717) is 18.2 Å². The predicted molar refractivity (Wildman–Crippen MR) is 116 cm³/mol. The summed E-state index contributed by atoms with van der Waals surface area (Å²) in [6.45, 7) is 8.13. The third kappa shape index (κ3) is 3.99. The summed E-state index contributed by atoms with van der Waals surface area (Å²) in [5, 5.41) is 0. The molecule has 0 aliphatic carbocycles. The van der Waals surface area contributed by atoms with Crippen LogP contribution in [-0.4, -0.2) is 29.0 Å². The van der Waals surface area contributed by atoms with Crippen LogP contribution in [-0.2, 0) is 13.0 Å². The van der Waals surface area contributed by atoms with Crippen molar-refractivity contribution >= 4 is 17.5 Å². The van der Waals surface area contributed by atoms with Crippen molar-refractivity contribution in [2.75, 3.05) is 22.9 Å². The van der Waals surface area contributed by atoms with Gasteiger partial charge in [0.2, 0.25) is 5.95 Å². The SMILES string of the molecule is CCN(C(=O)c1cc(C)nc(N2CCc3ccccc3C2)n1)c1cccc(C)c1. The minimum Gasteiger partial charge on any atom is -0.336 e. The number of nitrogens with zero attached hydrogens (tertiary/aromatic N) is 4. The first-order valence-electron chi connectivity index (χ1n) is 10.1. The van der Waals surface area contributed by atoms with Gasteiger partial charge in [-0.1, -0.05) is 36.4 Å². The van der Waals surface area contributed by atoms with Crippen LogP contribution >= 0.6 is 0 Å². The molecule has 5 heteroatoms. The van der Waals surface area contributed by atoms with E-state index in [-0.39, 0.29) is 5.91 Å². The first kappa shape index (κ1) is 19.1. The van der Waals surface area contributed by atoms with Crippen molar-refractivity contribution in [2.45, 2.75) is 33.7 Å². The van der Waals surface area contributed by atoms with Gasteiger partial charge in [0.25, 0.3) is 5.91 Å². The monoisotopic (exact) mass is 386 g/mol. The Morgan fingerprint density at radius 1 is 1.03 bits per heavy atom. The third-order valence-electron chi connectivity index (χ3n) is 5.35. The van der Waals surface area contributed by atoms with Crippen LogP contribution in [0.25, 0.3) is 0 Å². The Bertz CT molecular complexity index is 1050. The van der Waals surface area contributed by atoms with Crippen LogP contribution in [0.4, 0.5) is 11.6 Å². The molecule has 1 aromatic heterocycles. The van der Waals surface area contributed by atoms with Crippen LogP contribution in [0.15, 0.2) is 54.6 Å². The van der Waals surface area contributed by atoms with Gasteiger partial charge in [-0.2, -0.15) is 0 Å². The zero-order chi connectivity index (χ0) is 20.4. The highest BCUT2D eigenvalue weighted by atomic mass is 16.2. The molecule has 29 heavy (non-hydrogen) atoms. The number of rotatable bonds is 4. The van der Waals surface area contributed by atoms with E-state index in [2.05, 4.69) is 39.1 Å². The Morgan fingerprint density at radius 3 is 2.59 bits per heavy atom. The lowest BCUT2D eigenvalue weighted by molar-refractivity contribution is 0.0983. The maximum Gasteiger partial charge on any atom is 0.277 e. The average molecular weight is 386 g/mol. The minimum atomic E-state index is -0.0951. The topological polar surface area (TPSA) is 49.3 Å². The number of aromatic nitrogens is 2. The molecule has 5 nitrogen and oxygen atoms in total. The number of hydrogen-bond acceptors (Lipinski definition) is 4. The molecule has 0 fully saturated rings. The highest BCUT2D eigenvalue weighted by Crippen LogP contribution is 2.24. The van der Waals surface area contributed by atoms with Gasteiger partial charge in [0, 0.05) is 31.0 Å². The van der Waals surface area contributed by atoms with Crippen molar-refractivity contribution in [1.29, 1.82) is 0 Å². The summed E-state index contributed by atoms with van der Waals surface area (Å²) in [7, 11) is 0. The van der Waals surface area contributed by atoms with E-state index in [1.807, 2.05) is 45.0 Å². The summed E-state index contributed by atoms with van der Waals surface area (Å²) < 4.78 is 0. The van der Waals surface area contributed by atoms with Crippen LogP contribution in [0.1, 0.15) is 39.8 Å². The quantitative estimate of drug-likeness (QED) is 0.670. The smallest absolute Gasteiger partial charge is 0.277 e. The second-order valence-corrected chi connectivity index (χ2v) is 7.52. The Kier molecular flexibility index (Phi) is 5.30. The van der Waals surface area contributed by atoms with Crippen molar-refractivity contribution in [2.24, 2.45) is 0 Å². The normalized spacial score (nSPS) is 13.1. The lowest BCUT2D eigenvalue weighted by atomic mass is 10.0. The fourth-order valence-corrected chi connectivity index (χ4v) is 3.85. The summed E-state index contributed by atoms with van der Waals surface area (Å²) in [4.78, 5) is 26.5. The predicted octanol–water partition coefficient (Wildman–Crippen LogP) is 4.32. The molecule has 2 aromatic carbocycles. The van der Waals surface area contributed by atoms with Gasteiger partial charge >= 0.3 is 0 Å². The maximum absolute atomic E-state index is 13.3. The molecule has 4 rings (SSSR count). The molecule has 0 atom stereocenters. The molecule has 2 heterocycles. The van der Waals surface area contributed by atoms with Gasteiger partial charge in [0.05, 0.1) is 0 Å². The Labute approximate surface area is 172 Å². The highest BCUT2D eigenvalue weighted by molar-refractivity contribution is 6.05. The van der Waals surface area contributed by atoms with Crippen molar-refractivity contribution in [3.8, 4) is 0 Å². The molecular formula is C24H26N4O. The molecule has 0 saturated heterocycles. The summed E-state index contributed by atoms with van der Waals surface area (Å²) in [6.07, 6.45) is 0.959.